The van der Waals surface area contributed by atoms with Crippen LogP contribution in [0, 0.1) is 0 Å². The summed E-state index contributed by atoms with van der Waals surface area (Å²) in [6.07, 6.45) is 12.8. The standard InChI is InChI=1S/C24H48O7/c1-2-3-4-5-6-7-8-9-10-11-12-13-14-15-16-29-18-20(17-25)31-24-23(28)22(27)21(26)19-30-24/h20-28H,2-19H2,1H3/t20-,21-,22-,23+,24+/m1/s1. The number of hydrogen-bond acceptors (Lipinski definition) is 7. The van der Waals surface area contributed by atoms with Gasteiger partial charge in [0.2, 0.25) is 0 Å². The van der Waals surface area contributed by atoms with Gasteiger partial charge in [-0.3, -0.25) is 0 Å². The maximum Gasteiger partial charge on any atom is 0.186 e. The molecule has 1 saturated heterocycles. The van der Waals surface area contributed by atoms with Crippen molar-refractivity contribution >= 4 is 0 Å². The van der Waals surface area contributed by atoms with Gasteiger partial charge in [0.15, 0.2) is 6.29 Å². The van der Waals surface area contributed by atoms with Crippen molar-refractivity contribution in [1.29, 1.82) is 0 Å². The average molecular weight is 449 g/mol. The Morgan fingerprint density at radius 3 is 1.81 bits per heavy atom. The zero-order valence-corrected chi connectivity index (χ0v) is 19.6. The average Bonchev–Trinajstić information content (AvgIpc) is 2.78. The molecular weight excluding hydrogens is 400 g/mol. The Bertz CT molecular complexity index is 396. The molecule has 0 radical (unpaired) electrons. The Kier molecular flexibility index (Phi) is 17.8. The predicted molar refractivity (Wildman–Crippen MR) is 121 cm³/mol. The fourth-order valence-corrected chi connectivity index (χ4v) is 3.84. The molecule has 0 amide bonds. The first-order valence-electron chi connectivity index (χ1n) is 12.6. The second kappa shape index (κ2) is 19.2. The lowest BCUT2D eigenvalue weighted by atomic mass is 10.0. The van der Waals surface area contributed by atoms with Crippen molar-refractivity contribution in [3.8, 4) is 0 Å². The van der Waals surface area contributed by atoms with Gasteiger partial charge in [-0.15, -0.1) is 0 Å². The number of hydrogen-bond donors (Lipinski definition) is 4. The second-order valence-corrected chi connectivity index (χ2v) is 8.86. The van der Waals surface area contributed by atoms with Crippen LogP contribution in [0.5, 0.6) is 0 Å². The van der Waals surface area contributed by atoms with Crippen LogP contribution in [-0.2, 0) is 14.2 Å². The van der Waals surface area contributed by atoms with Crippen LogP contribution in [0.1, 0.15) is 96.8 Å². The zero-order valence-electron chi connectivity index (χ0n) is 19.6. The summed E-state index contributed by atoms with van der Waals surface area (Å²) in [5.41, 5.74) is 0. The minimum atomic E-state index is -1.36. The lowest BCUT2D eigenvalue weighted by Gasteiger charge is -2.36. The van der Waals surface area contributed by atoms with Gasteiger partial charge < -0.3 is 34.6 Å². The minimum absolute atomic E-state index is 0.124. The Hall–Kier alpha value is -0.280. The first kappa shape index (κ1) is 28.8. The maximum absolute atomic E-state index is 9.88. The summed E-state index contributed by atoms with van der Waals surface area (Å²) in [5, 5.41) is 38.4. The Morgan fingerprint density at radius 2 is 1.29 bits per heavy atom. The van der Waals surface area contributed by atoms with Crippen LogP contribution >= 0.6 is 0 Å². The summed E-state index contributed by atoms with van der Waals surface area (Å²) < 4.78 is 16.3. The lowest BCUT2D eigenvalue weighted by Crippen LogP contribution is -2.55. The molecule has 1 aliphatic rings. The molecule has 0 bridgehead atoms. The van der Waals surface area contributed by atoms with E-state index in [2.05, 4.69) is 6.92 Å². The minimum Gasteiger partial charge on any atom is -0.394 e. The summed E-state index contributed by atoms with van der Waals surface area (Å²) in [5.74, 6) is 0. The van der Waals surface area contributed by atoms with Gasteiger partial charge in [0.05, 0.1) is 19.8 Å². The van der Waals surface area contributed by atoms with E-state index in [9.17, 15) is 20.4 Å². The van der Waals surface area contributed by atoms with Crippen LogP contribution in [0.15, 0.2) is 0 Å². The largest absolute Gasteiger partial charge is 0.394 e. The van der Waals surface area contributed by atoms with Gasteiger partial charge in [0.25, 0.3) is 0 Å². The number of ether oxygens (including phenoxy) is 3. The van der Waals surface area contributed by atoms with Crippen molar-refractivity contribution in [1.82, 2.24) is 0 Å². The smallest absolute Gasteiger partial charge is 0.186 e. The van der Waals surface area contributed by atoms with E-state index in [0.29, 0.717) is 6.61 Å². The first-order valence-corrected chi connectivity index (χ1v) is 12.6. The molecule has 0 unspecified atom stereocenters. The second-order valence-electron chi connectivity index (χ2n) is 8.86. The number of aliphatic hydroxyl groups is 4. The third-order valence-electron chi connectivity index (χ3n) is 5.93. The molecule has 1 rings (SSSR count). The van der Waals surface area contributed by atoms with Gasteiger partial charge in [-0.1, -0.05) is 90.4 Å². The van der Waals surface area contributed by atoms with Crippen molar-refractivity contribution in [2.75, 3.05) is 26.4 Å². The van der Waals surface area contributed by atoms with E-state index in [1.54, 1.807) is 0 Å². The molecule has 0 aliphatic carbocycles. The lowest BCUT2D eigenvalue weighted by molar-refractivity contribution is -0.288. The molecule has 0 aromatic carbocycles. The first-order chi connectivity index (χ1) is 15.1. The predicted octanol–water partition coefficient (Wildman–Crippen LogP) is 3.30. The Morgan fingerprint density at radius 1 is 0.774 bits per heavy atom. The SMILES string of the molecule is CCCCCCCCCCCCCCCCOC[C@@H](CO)O[C@@H]1OC[C@@H](O)[C@@H](O)[C@@H]1O. The monoisotopic (exact) mass is 448 g/mol. The van der Waals surface area contributed by atoms with E-state index in [1.807, 2.05) is 0 Å². The van der Waals surface area contributed by atoms with Crippen LogP contribution in [0.4, 0.5) is 0 Å². The molecule has 31 heavy (non-hydrogen) atoms. The van der Waals surface area contributed by atoms with Crippen LogP contribution in [0.3, 0.4) is 0 Å². The molecule has 186 valence electrons. The van der Waals surface area contributed by atoms with Crippen molar-refractivity contribution in [2.45, 2.75) is 128 Å². The van der Waals surface area contributed by atoms with Crippen LogP contribution < -0.4 is 0 Å². The van der Waals surface area contributed by atoms with E-state index in [-0.39, 0.29) is 19.8 Å². The van der Waals surface area contributed by atoms with Crippen LogP contribution in [-0.4, -0.2) is 77.6 Å². The zero-order chi connectivity index (χ0) is 22.7. The number of aliphatic hydroxyl groups excluding tert-OH is 4. The van der Waals surface area contributed by atoms with E-state index < -0.39 is 30.7 Å². The normalized spacial score (nSPS) is 25.1. The number of rotatable bonds is 20. The molecule has 1 aliphatic heterocycles. The Labute approximate surface area is 189 Å². The molecule has 7 nitrogen and oxygen atoms in total. The highest BCUT2D eigenvalue weighted by Gasteiger charge is 2.39. The van der Waals surface area contributed by atoms with E-state index in [1.165, 1.54) is 77.0 Å². The van der Waals surface area contributed by atoms with Gasteiger partial charge in [0, 0.05) is 6.61 Å². The van der Waals surface area contributed by atoms with Gasteiger partial charge in [-0.25, -0.2) is 0 Å². The fraction of sp³-hybridized carbons (Fsp3) is 1.00. The van der Waals surface area contributed by atoms with Crippen molar-refractivity contribution < 1.29 is 34.6 Å². The van der Waals surface area contributed by atoms with E-state index in [4.69, 9.17) is 14.2 Å². The van der Waals surface area contributed by atoms with Crippen molar-refractivity contribution in [3.05, 3.63) is 0 Å². The fourth-order valence-electron chi connectivity index (χ4n) is 3.84. The van der Waals surface area contributed by atoms with Gasteiger partial charge in [-0.2, -0.15) is 0 Å². The summed E-state index contributed by atoms with van der Waals surface area (Å²) >= 11 is 0. The molecular formula is C24H48O7. The van der Waals surface area contributed by atoms with Gasteiger partial charge >= 0.3 is 0 Å². The van der Waals surface area contributed by atoms with Gasteiger partial charge in [-0.05, 0) is 6.42 Å². The summed E-state index contributed by atoms with van der Waals surface area (Å²) in [6.45, 7) is 2.66. The molecule has 0 aromatic rings. The highest BCUT2D eigenvalue weighted by atomic mass is 16.7. The quantitative estimate of drug-likeness (QED) is 0.212. The Balaban J connectivity index is 1.89. The van der Waals surface area contributed by atoms with E-state index >= 15 is 0 Å². The summed E-state index contributed by atoms with van der Waals surface area (Å²) in [7, 11) is 0. The molecule has 1 heterocycles. The summed E-state index contributed by atoms with van der Waals surface area (Å²) in [4.78, 5) is 0. The van der Waals surface area contributed by atoms with Crippen molar-refractivity contribution in [3.63, 3.8) is 0 Å². The summed E-state index contributed by atoms with van der Waals surface area (Å²) in [6, 6.07) is 0. The van der Waals surface area contributed by atoms with E-state index in [0.717, 1.165) is 12.8 Å². The molecule has 0 spiro atoms. The van der Waals surface area contributed by atoms with Gasteiger partial charge in [0.1, 0.15) is 24.4 Å². The molecule has 0 aromatic heterocycles. The molecule has 4 N–H and O–H groups in total. The number of unbranched alkanes of at least 4 members (excludes halogenated alkanes) is 13. The highest BCUT2D eigenvalue weighted by Crippen LogP contribution is 2.18. The topological polar surface area (TPSA) is 109 Å². The highest BCUT2D eigenvalue weighted by molar-refractivity contribution is 4.83. The van der Waals surface area contributed by atoms with Crippen LogP contribution in [0.2, 0.25) is 0 Å². The maximum atomic E-state index is 9.88. The third-order valence-corrected chi connectivity index (χ3v) is 5.93. The van der Waals surface area contributed by atoms with Crippen molar-refractivity contribution in [2.24, 2.45) is 0 Å². The van der Waals surface area contributed by atoms with Crippen LogP contribution in [0.25, 0.3) is 0 Å². The molecule has 1 fully saturated rings. The third kappa shape index (κ3) is 13.8. The molecule has 5 atom stereocenters. The molecule has 0 saturated carbocycles. The molecule has 7 heteroatoms.